The molecule has 2 rings (SSSR count). The van der Waals surface area contributed by atoms with E-state index in [-0.39, 0.29) is 0 Å². The summed E-state index contributed by atoms with van der Waals surface area (Å²) in [5.41, 5.74) is 1.91. The fourth-order valence-corrected chi connectivity index (χ4v) is 1.49. The third-order valence-corrected chi connectivity index (χ3v) is 2.61. The molecule has 2 aromatic rings. The number of anilines is 1. The minimum atomic E-state index is 0.596. The lowest BCUT2D eigenvalue weighted by Crippen LogP contribution is -2.13. The molecule has 0 saturated carbocycles. The van der Waals surface area contributed by atoms with Gasteiger partial charge < -0.3 is 10.1 Å². The third kappa shape index (κ3) is 3.45. The summed E-state index contributed by atoms with van der Waals surface area (Å²) >= 11 is 0. The predicted molar refractivity (Wildman–Crippen MR) is 71.9 cm³/mol. The second-order valence-corrected chi connectivity index (χ2v) is 4.01. The molecule has 0 aliphatic rings. The van der Waals surface area contributed by atoms with Gasteiger partial charge in [-0.1, -0.05) is 18.2 Å². The Hall–Kier alpha value is -2.10. The van der Waals surface area contributed by atoms with Crippen LogP contribution in [0.15, 0.2) is 36.5 Å². The molecule has 1 aromatic heterocycles. The van der Waals surface area contributed by atoms with E-state index in [1.165, 1.54) is 0 Å². The third-order valence-electron chi connectivity index (χ3n) is 2.61. The summed E-state index contributed by atoms with van der Waals surface area (Å²) in [5, 5.41) is 3.18. The van der Waals surface area contributed by atoms with Crippen molar-refractivity contribution in [1.29, 1.82) is 0 Å². The minimum Gasteiger partial charge on any atom is -0.492 e. The molecular formula is C14H17N3O. The Morgan fingerprint density at radius 2 is 1.89 bits per heavy atom. The molecule has 4 nitrogen and oxygen atoms in total. The van der Waals surface area contributed by atoms with E-state index in [0.717, 1.165) is 23.0 Å². The summed E-state index contributed by atoms with van der Waals surface area (Å²) in [5.74, 6) is 1.67. The fourth-order valence-electron chi connectivity index (χ4n) is 1.49. The Labute approximate surface area is 107 Å². The van der Waals surface area contributed by atoms with Crippen LogP contribution in [0.25, 0.3) is 0 Å². The SMILES string of the molecule is Cc1ncc(NCCOc2ccccc2)nc1C. The highest BCUT2D eigenvalue weighted by molar-refractivity contribution is 5.33. The van der Waals surface area contributed by atoms with Gasteiger partial charge >= 0.3 is 0 Å². The minimum absolute atomic E-state index is 0.596. The van der Waals surface area contributed by atoms with Crippen LogP contribution in [0.4, 0.5) is 5.82 Å². The van der Waals surface area contributed by atoms with Crippen molar-refractivity contribution in [3.63, 3.8) is 0 Å². The first-order valence-corrected chi connectivity index (χ1v) is 5.97. The Kier molecular flexibility index (Phi) is 4.12. The molecule has 1 N–H and O–H groups in total. The summed E-state index contributed by atoms with van der Waals surface area (Å²) < 4.78 is 5.57. The Bertz CT molecular complexity index is 500. The number of benzene rings is 1. The molecule has 0 radical (unpaired) electrons. The lowest BCUT2D eigenvalue weighted by atomic mass is 10.3. The Morgan fingerprint density at radius 1 is 1.11 bits per heavy atom. The Balaban J connectivity index is 1.77. The molecule has 18 heavy (non-hydrogen) atoms. The van der Waals surface area contributed by atoms with Gasteiger partial charge in [-0.05, 0) is 26.0 Å². The number of hydrogen-bond acceptors (Lipinski definition) is 4. The van der Waals surface area contributed by atoms with Crippen molar-refractivity contribution in [2.45, 2.75) is 13.8 Å². The first-order valence-electron chi connectivity index (χ1n) is 5.97. The van der Waals surface area contributed by atoms with Crippen molar-refractivity contribution in [3.05, 3.63) is 47.9 Å². The van der Waals surface area contributed by atoms with E-state index in [4.69, 9.17) is 4.74 Å². The van der Waals surface area contributed by atoms with E-state index in [1.807, 2.05) is 44.2 Å². The molecule has 0 aliphatic heterocycles. The van der Waals surface area contributed by atoms with Crippen LogP contribution >= 0.6 is 0 Å². The smallest absolute Gasteiger partial charge is 0.144 e. The van der Waals surface area contributed by atoms with Crippen molar-refractivity contribution in [1.82, 2.24) is 9.97 Å². The monoisotopic (exact) mass is 243 g/mol. The normalized spacial score (nSPS) is 10.1. The van der Waals surface area contributed by atoms with Gasteiger partial charge in [-0.15, -0.1) is 0 Å². The number of nitrogens with zero attached hydrogens (tertiary/aromatic N) is 2. The highest BCUT2D eigenvalue weighted by Gasteiger charge is 1.98. The van der Waals surface area contributed by atoms with Crippen molar-refractivity contribution in [2.75, 3.05) is 18.5 Å². The molecule has 1 aromatic carbocycles. The van der Waals surface area contributed by atoms with Crippen LogP contribution in [0.5, 0.6) is 5.75 Å². The summed E-state index contributed by atoms with van der Waals surface area (Å²) in [7, 11) is 0. The number of ether oxygens (including phenoxy) is 1. The van der Waals surface area contributed by atoms with Crippen LogP contribution in [0.2, 0.25) is 0 Å². The largest absolute Gasteiger partial charge is 0.492 e. The van der Waals surface area contributed by atoms with E-state index in [0.29, 0.717) is 13.2 Å². The molecule has 4 heteroatoms. The van der Waals surface area contributed by atoms with E-state index in [2.05, 4.69) is 15.3 Å². The highest BCUT2D eigenvalue weighted by atomic mass is 16.5. The molecule has 0 aliphatic carbocycles. The standard InChI is InChI=1S/C14H17N3O/c1-11-12(2)17-14(10-16-11)15-8-9-18-13-6-4-3-5-7-13/h3-7,10H,8-9H2,1-2H3,(H,15,17). The van der Waals surface area contributed by atoms with Crippen LogP contribution in [-0.2, 0) is 0 Å². The zero-order valence-corrected chi connectivity index (χ0v) is 10.7. The van der Waals surface area contributed by atoms with Crippen molar-refractivity contribution in [3.8, 4) is 5.75 Å². The van der Waals surface area contributed by atoms with Crippen molar-refractivity contribution in [2.24, 2.45) is 0 Å². The van der Waals surface area contributed by atoms with Crippen LogP contribution in [0.3, 0.4) is 0 Å². The predicted octanol–water partition coefficient (Wildman–Crippen LogP) is 2.58. The van der Waals surface area contributed by atoms with Crippen LogP contribution < -0.4 is 10.1 Å². The van der Waals surface area contributed by atoms with E-state index >= 15 is 0 Å². The van der Waals surface area contributed by atoms with Crippen LogP contribution in [0.1, 0.15) is 11.4 Å². The van der Waals surface area contributed by atoms with Gasteiger partial charge in [-0.25, -0.2) is 4.98 Å². The topological polar surface area (TPSA) is 47.0 Å². The van der Waals surface area contributed by atoms with Crippen molar-refractivity contribution < 1.29 is 4.74 Å². The molecule has 1 heterocycles. The molecule has 0 fully saturated rings. The zero-order chi connectivity index (χ0) is 12.8. The number of para-hydroxylation sites is 1. The first-order chi connectivity index (χ1) is 8.75. The van der Waals surface area contributed by atoms with Gasteiger partial charge in [0.25, 0.3) is 0 Å². The summed E-state index contributed by atoms with van der Waals surface area (Å²) in [6, 6.07) is 9.76. The molecule has 94 valence electrons. The van der Waals surface area contributed by atoms with E-state index < -0.39 is 0 Å². The number of aromatic nitrogens is 2. The molecule has 0 spiro atoms. The number of nitrogens with one attached hydrogen (secondary N) is 1. The maximum absolute atomic E-state index is 5.57. The second-order valence-electron chi connectivity index (χ2n) is 4.01. The van der Waals surface area contributed by atoms with Gasteiger partial charge in [0.05, 0.1) is 24.1 Å². The molecule has 0 atom stereocenters. The van der Waals surface area contributed by atoms with Gasteiger partial charge in [-0.3, -0.25) is 4.98 Å². The zero-order valence-electron chi connectivity index (χ0n) is 10.7. The van der Waals surface area contributed by atoms with Gasteiger partial charge in [-0.2, -0.15) is 0 Å². The number of aryl methyl sites for hydroxylation is 2. The average Bonchev–Trinajstić information content (AvgIpc) is 2.40. The van der Waals surface area contributed by atoms with Gasteiger partial charge in [0.1, 0.15) is 18.2 Å². The van der Waals surface area contributed by atoms with E-state index in [9.17, 15) is 0 Å². The highest BCUT2D eigenvalue weighted by Crippen LogP contribution is 2.08. The van der Waals surface area contributed by atoms with Gasteiger partial charge in [0.15, 0.2) is 0 Å². The summed E-state index contributed by atoms with van der Waals surface area (Å²) in [4.78, 5) is 8.64. The second kappa shape index (κ2) is 6.00. The van der Waals surface area contributed by atoms with E-state index in [1.54, 1.807) is 6.20 Å². The van der Waals surface area contributed by atoms with Gasteiger partial charge in [0.2, 0.25) is 0 Å². The molecule has 0 unspecified atom stereocenters. The lowest BCUT2D eigenvalue weighted by molar-refractivity contribution is 0.332. The van der Waals surface area contributed by atoms with Crippen LogP contribution in [-0.4, -0.2) is 23.1 Å². The maximum atomic E-state index is 5.57. The molecule has 0 bridgehead atoms. The summed E-state index contributed by atoms with van der Waals surface area (Å²) in [6.07, 6.45) is 1.74. The quantitative estimate of drug-likeness (QED) is 0.820. The first kappa shape index (κ1) is 12.4. The molecule has 0 saturated heterocycles. The fraction of sp³-hybridized carbons (Fsp3) is 0.286. The lowest BCUT2D eigenvalue weighted by Gasteiger charge is -2.08. The number of rotatable bonds is 5. The van der Waals surface area contributed by atoms with Crippen molar-refractivity contribution >= 4 is 5.82 Å². The molecular weight excluding hydrogens is 226 g/mol. The maximum Gasteiger partial charge on any atom is 0.144 e. The van der Waals surface area contributed by atoms with Gasteiger partial charge in [0, 0.05) is 0 Å². The number of hydrogen-bond donors (Lipinski definition) is 1. The average molecular weight is 243 g/mol. The van der Waals surface area contributed by atoms with Crippen LogP contribution in [0, 0.1) is 13.8 Å². The molecule has 0 amide bonds. The summed E-state index contributed by atoms with van der Waals surface area (Å²) in [6.45, 7) is 5.20. The Morgan fingerprint density at radius 3 is 2.61 bits per heavy atom.